The second-order valence-corrected chi connectivity index (χ2v) is 8.14. The van der Waals surface area contributed by atoms with Crippen molar-refractivity contribution in [3.63, 3.8) is 0 Å². The average Bonchev–Trinajstić information content (AvgIpc) is 3.32. The van der Waals surface area contributed by atoms with Crippen molar-refractivity contribution in [2.45, 2.75) is 19.4 Å². The molecule has 0 aromatic heterocycles. The van der Waals surface area contributed by atoms with E-state index < -0.39 is 0 Å². The minimum atomic E-state index is 0.711. The van der Waals surface area contributed by atoms with Gasteiger partial charge in [-0.15, -0.1) is 0 Å². The van der Waals surface area contributed by atoms with E-state index in [1.54, 1.807) is 21.3 Å². The molecule has 4 rings (SSSR count). The van der Waals surface area contributed by atoms with Gasteiger partial charge in [0.2, 0.25) is 0 Å². The standard InChI is InChI=1S/C22H32N2O3/c1-25-20-13-22(27-3)21(26-2)12-19(20)15-24-8-6-23(7-9-24)14-18-11-16-4-5-17(18)10-16/h4-5,12-13,16-18H,6-11,14-15H2,1-3H3/t16-,17+,18+/m0/s1. The van der Waals surface area contributed by atoms with Gasteiger partial charge in [0.15, 0.2) is 11.5 Å². The molecule has 1 heterocycles. The highest BCUT2D eigenvalue weighted by molar-refractivity contribution is 5.50. The van der Waals surface area contributed by atoms with Crippen molar-refractivity contribution in [1.82, 2.24) is 9.80 Å². The van der Waals surface area contributed by atoms with Crippen molar-refractivity contribution < 1.29 is 14.2 Å². The van der Waals surface area contributed by atoms with Gasteiger partial charge in [-0.25, -0.2) is 0 Å². The molecule has 1 aromatic carbocycles. The maximum Gasteiger partial charge on any atom is 0.164 e. The normalized spacial score (nSPS) is 27.9. The van der Waals surface area contributed by atoms with Crippen LogP contribution >= 0.6 is 0 Å². The molecule has 1 aromatic rings. The molecule has 5 nitrogen and oxygen atoms in total. The van der Waals surface area contributed by atoms with Gasteiger partial charge in [-0.2, -0.15) is 0 Å². The van der Waals surface area contributed by atoms with Gasteiger partial charge in [-0.3, -0.25) is 4.90 Å². The molecule has 1 saturated carbocycles. The molecule has 0 amide bonds. The molecule has 1 saturated heterocycles. The third-order valence-electron chi connectivity index (χ3n) is 6.55. The molecule has 3 atom stereocenters. The molecule has 5 heteroatoms. The van der Waals surface area contributed by atoms with E-state index in [4.69, 9.17) is 14.2 Å². The molecule has 27 heavy (non-hydrogen) atoms. The number of allylic oxidation sites excluding steroid dienone is 2. The molecule has 2 bridgehead atoms. The summed E-state index contributed by atoms with van der Waals surface area (Å²) in [6.07, 6.45) is 7.72. The fourth-order valence-electron chi connectivity index (χ4n) is 5.02. The fraction of sp³-hybridized carbons (Fsp3) is 0.636. The summed E-state index contributed by atoms with van der Waals surface area (Å²) in [7, 11) is 5.05. The quantitative estimate of drug-likeness (QED) is 0.687. The number of fused-ring (bicyclic) bond motifs is 2. The molecule has 3 aliphatic rings. The number of ether oxygens (including phenoxy) is 3. The van der Waals surface area contributed by atoms with Crippen molar-refractivity contribution in [1.29, 1.82) is 0 Å². The molecular weight excluding hydrogens is 340 g/mol. The van der Waals surface area contributed by atoms with Crippen molar-refractivity contribution in [3.05, 3.63) is 29.8 Å². The SMILES string of the molecule is COc1cc(OC)c(OC)cc1CN1CCN(C[C@H]2C[C@H]3C=C[C@@H]2C3)CC1. The lowest BCUT2D eigenvalue weighted by molar-refractivity contribution is 0.108. The lowest BCUT2D eigenvalue weighted by Gasteiger charge is -2.37. The van der Waals surface area contributed by atoms with Crippen LogP contribution in [0.1, 0.15) is 18.4 Å². The highest BCUT2D eigenvalue weighted by Crippen LogP contribution is 2.43. The van der Waals surface area contributed by atoms with E-state index in [1.807, 2.05) is 12.1 Å². The second-order valence-electron chi connectivity index (χ2n) is 8.14. The molecule has 2 fully saturated rings. The van der Waals surface area contributed by atoms with Crippen LogP contribution in [0.2, 0.25) is 0 Å². The molecule has 0 spiro atoms. The summed E-state index contributed by atoms with van der Waals surface area (Å²) >= 11 is 0. The van der Waals surface area contributed by atoms with Gasteiger partial charge < -0.3 is 19.1 Å². The van der Waals surface area contributed by atoms with Crippen LogP contribution < -0.4 is 14.2 Å². The van der Waals surface area contributed by atoms with Gasteiger partial charge in [-0.05, 0) is 36.7 Å². The van der Waals surface area contributed by atoms with Crippen molar-refractivity contribution in [3.8, 4) is 17.2 Å². The van der Waals surface area contributed by atoms with Crippen LogP contribution in [0.25, 0.3) is 0 Å². The zero-order valence-corrected chi connectivity index (χ0v) is 16.8. The summed E-state index contributed by atoms with van der Waals surface area (Å²) in [6.45, 7) is 6.69. The first kappa shape index (κ1) is 18.6. The Morgan fingerprint density at radius 2 is 1.48 bits per heavy atom. The lowest BCUT2D eigenvalue weighted by atomic mass is 9.93. The highest BCUT2D eigenvalue weighted by Gasteiger charge is 2.36. The van der Waals surface area contributed by atoms with Gasteiger partial charge in [0, 0.05) is 50.9 Å². The Labute approximate surface area is 162 Å². The van der Waals surface area contributed by atoms with Crippen molar-refractivity contribution in [2.75, 3.05) is 54.1 Å². The van der Waals surface area contributed by atoms with Gasteiger partial charge in [0.25, 0.3) is 0 Å². The van der Waals surface area contributed by atoms with E-state index in [-0.39, 0.29) is 0 Å². The highest BCUT2D eigenvalue weighted by atomic mass is 16.5. The summed E-state index contributed by atoms with van der Waals surface area (Å²) < 4.78 is 16.4. The second kappa shape index (κ2) is 8.11. The summed E-state index contributed by atoms with van der Waals surface area (Å²) in [5.41, 5.74) is 1.15. The van der Waals surface area contributed by atoms with Crippen LogP contribution in [-0.2, 0) is 6.54 Å². The number of hydrogen-bond acceptors (Lipinski definition) is 5. The molecule has 148 valence electrons. The molecule has 1 aliphatic heterocycles. The molecule has 0 N–H and O–H groups in total. The van der Waals surface area contributed by atoms with Crippen LogP contribution in [0.4, 0.5) is 0 Å². The van der Waals surface area contributed by atoms with Crippen LogP contribution in [0, 0.1) is 17.8 Å². The summed E-state index contributed by atoms with van der Waals surface area (Å²) in [4.78, 5) is 5.18. The number of benzene rings is 1. The Morgan fingerprint density at radius 3 is 2.07 bits per heavy atom. The van der Waals surface area contributed by atoms with E-state index in [0.29, 0.717) is 5.75 Å². The molecule has 2 aliphatic carbocycles. The van der Waals surface area contributed by atoms with E-state index >= 15 is 0 Å². The van der Waals surface area contributed by atoms with Gasteiger partial charge in [0.05, 0.1) is 21.3 Å². The van der Waals surface area contributed by atoms with E-state index in [9.17, 15) is 0 Å². The van der Waals surface area contributed by atoms with E-state index in [0.717, 1.165) is 67.5 Å². The number of methoxy groups -OCH3 is 3. The topological polar surface area (TPSA) is 34.2 Å². The largest absolute Gasteiger partial charge is 0.496 e. The Bertz CT molecular complexity index is 682. The zero-order valence-electron chi connectivity index (χ0n) is 16.8. The maximum atomic E-state index is 5.59. The first-order valence-electron chi connectivity index (χ1n) is 10.1. The summed E-state index contributed by atoms with van der Waals surface area (Å²) in [5.74, 6) is 4.95. The Kier molecular flexibility index (Phi) is 5.60. The van der Waals surface area contributed by atoms with Crippen LogP contribution in [-0.4, -0.2) is 63.9 Å². The first-order chi connectivity index (χ1) is 13.2. The Morgan fingerprint density at radius 1 is 0.815 bits per heavy atom. The Hall–Kier alpha value is -1.72. The number of piperazine rings is 1. The molecule has 0 unspecified atom stereocenters. The van der Waals surface area contributed by atoms with Crippen molar-refractivity contribution >= 4 is 0 Å². The zero-order chi connectivity index (χ0) is 18.8. The monoisotopic (exact) mass is 372 g/mol. The lowest BCUT2D eigenvalue weighted by Crippen LogP contribution is -2.47. The predicted octanol–water partition coefficient (Wildman–Crippen LogP) is 3.04. The third kappa shape index (κ3) is 3.94. The molecule has 0 radical (unpaired) electrons. The minimum absolute atomic E-state index is 0.711. The van der Waals surface area contributed by atoms with Gasteiger partial charge >= 0.3 is 0 Å². The van der Waals surface area contributed by atoms with E-state index in [2.05, 4.69) is 22.0 Å². The van der Waals surface area contributed by atoms with Crippen molar-refractivity contribution in [2.24, 2.45) is 17.8 Å². The fourth-order valence-corrected chi connectivity index (χ4v) is 5.02. The van der Waals surface area contributed by atoms with Gasteiger partial charge in [0.1, 0.15) is 5.75 Å². The predicted molar refractivity (Wildman–Crippen MR) is 107 cm³/mol. The molecular formula is C22H32N2O3. The summed E-state index contributed by atoms with van der Waals surface area (Å²) in [6, 6.07) is 3.97. The number of rotatable bonds is 7. The maximum absolute atomic E-state index is 5.59. The average molecular weight is 373 g/mol. The van der Waals surface area contributed by atoms with E-state index in [1.165, 1.54) is 19.4 Å². The first-order valence-corrected chi connectivity index (χ1v) is 10.1. The Balaban J connectivity index is 1.33. The van der Waals surface area contributed by atoms with Crippen LogP contribution in [0.3, 0.4) is 0 Å². The number of nitrogens with zero attached hydrogens (tertiary/aromatic N) is 2. The third-order valence-corrected chi connectivity index (χ3v) is 6.55. The smallest absolute Gasteiger partial charge is 0.164 e. The minimum Gasteiger partial charge on any atom is -0.496 e. The van der Waals surface area contributed by atoms with Crippen LogP contribution in [0.15, 0.2) is 24.3 Å². The van der Waals surface area contributed by atoms with Gasteiger partial charge in [-0.1, -0.05) is 12.2 Å². The number of hydrogen-bond donors (Lipinski definition) is 0. The van der Waals surface area contributed by atoms with Crippen LogP contribution in [0.5, 0.6) is 17.2 Å². The summed E-state index contributed by atoms with van der Waals surface area (Å²) in [5, 5.41) is 0.